The van der Waals surface area contributed by atoms with Crippen LogP contribution in [0.4, 0.5) is 11.6 Å². The molecule has 3 N–H and O–H groups in total. The van der Waals surface area contributed by atoms with Crippen LogP contribution in [0.1, 0.15) is 51.7 Å². The average Bonchev–Trinajstić information content (AvgIpc) is 3.30. The van der Waals surface area contributed by atoms with Gasteiger partial charge in [0.05, 0.1) is 23.7 Å². The maximum atomic E-state index is 14.1. The van der Waals surface area contributed by atoms with Crippen LogP contribution in [-0.4, -0.2) is 79.2 Å². The molecular weight excluding hydrogens is 789 g/mol. The number of hydrogen-bond donors (Lipinski definition) is 3. The lowest BCUT2D eigenvalue weighted by atomic mass is 9.83. The minimum Gasteiger partial charge on any atom is -0.392 e. The van der Waals surface area contributed by atoms with Crippen LogP contribution in [0.15, 0.2) is 157 Å². The normalized spacial score (nSPS) is 20.2. The van der Waals surface area contributed by atoms with Gasteiger partial charge in [-0.3, -0.25) is 9.69 Å². The van der Waals surface area contributed by atoms with Crippen molar-refractivity contribution in [2.24, 2.45) is 0 Å². The number of nitrogens with zero attached hydrogens (tertiary/aromatic N) is 4. The first-order valence-corrected chi connectivity index (χ1v) is 22.0. The standard InChI is InChI=1S/C48H50N6O6S/c1-34-16-22-41(23-17-34)61(57,58)52-42(30-35-10-4-2-5-11-35)46(56)51-40-15-8-14-39(31-40)47-59-43(32-53-26-28-54(29-27-53)48-49-24-9-25-50-48)44(37-12-6-3-7-13-37)45(60-47)38-20-18-36(33-55)19-21-38/h2-25,31,42-45,47,52,55H,26-30,32-33H2,1H3,(H,51,56). The van der Waals surface area contributed by atoms with Gasteiger partial charge in [-0.1, -0.05) is 115 Å². The van der Waals surface area contributed by atoms with E-state index < -0.39 is 34.4 Å². The van der Waals surface area contributed by atoms with Crippen LogP contribution in [0.2, 0.25) is 0 Å². The van der Waals surface area contributed by atoms with Gasteiger partial charge in [0.25, 0.3) is 0 Å². The van der Waals surface area contributed by atoms with Crippen molar-refractivity contribution in [3.8, 4) is 0 Å². The van der Waals surface area contributed by atoms with Crippen LogP contribution in [-0.2, 0) is 37.3 Å². The largest absolute Gasteiger partial charge is 0.392 e. The highest BCUT2D eigenvalue weighted by Crippen LogP contribution is 2.47. The number of hydrogen-bond acceptors (Lipinski definition) is 10. The Kier molecular flexibility index (Phi) is 13.2. The number of rotatable bonds is 14. The molecule has 0 saturated carbocycles. The molecule has 1 amide bonds. The van der Waals surface area contributed by atoms with Crippen molar-refractivity contribution in [1.82, 2.24) is 19.6 Å². The van der Waals surface area contributed by atoms with E-state index in [9.17, 15) is 18.3 Å². The Labute approximate surface area is 357 Å². The first-order valence-electron chi connectivity index (χ1n) is 20.6. The number of piperazine rings is 1. The maximum absolute atomic E-state index is 14.1. The number of aryl methyl sites for hydroxylation is 1. The van der Waals surface area contributed by atoms with Crippen molar-refractivity contribution in [1.29, 1.82) is 0 Å². The van der Waals surface area contributed by atoms with Crippen molar-refractivity contribution in [3.05, 3.63) is 185 Å². The summed E-state index contributed by atoms with van der Waals surface area (Å²) in [6, 6.07) is 42.0. The van der Waals surface area contributed by atoms with Gasteiger partial charge in [0.2, 0.25) is 21.9 Å². The Hall–Kier alpha value is -5.80. The molecule has 0 aliphatic carbocycles. The Morgan fingerprint density at radius 2 is 1.43 bits per heavy atom. The first kappa shape index (κ1) is 41.9. The summed E-state index contributed by atoms with van der Waals surface area (Å²) in [4.78, 5) is 27.7. The van der Waals surface area contributed by atoms with Gasteiger partial charge in [-0.2, -0.15) is 4.72 Å². The Morgan fingerprint density at radius 1 is 0.754 bits per heavy atom. The van der Waals surface area contributed by atoms with E-state index >= 15 is 0 Å². The summed E-state index contributed by atoms with van der Waals surface area (Å²) in [7, 11) is -4.04. The van der Waals surface area contributed by atoms with Gasteiger partial charge < -0.3 is 24.8 Å². The molecule has 2 aliphatic heterocycles. The van der Waals surface area contributed by atoms with Crippen LogP contribution in [0, 0.1) is 6.92 Å². The second-order valence-electron chi connectivity index (χ2n) is 15.5. The summed E-state index contributed by atoms with van der Waals surface area (Å²) in [6.45, 7) is 5.57. The number of carbonyl (C=O) groups excluding carboxylic acids is 1. The third-order valence-electron chi connectivity index (χ3n) is 11.3. The lowest BCUT2D eigenvalue weighted by molar-refractivity contribution is -0.263. The molecule has 0 radical (unpaired) electrons. The lowest BCUT2D eigenvalue weighted by Crippen LogP contribution is -2.51. The molecule has 314 valence electrons. The number of carbonyl (C=O) groups is 1. The fourth-order valence-corrected chi connectivity index (χ4v) is 9.20. The predicted octanol–water partition coefficient (Wildman–Crippen LogP) is 6.57. The fourth-order valence-electron chi connectivity index (χ4n) is 8.01. The molecule has 3 heterocycles. The number of sulfonamides is 1. The number of aromatic nitrogens is 2. The average molecular weight is 839 g/mol. The predicted molar refractivity (Wildman–Crippen MR) is 234 cm³/mol. The summed E-state index contributed by atoms with van der Waals surface area (Å²) in [6.07, 6.45) is 2.11. The van der Waals surface area contributed by atoms with Crippen LogP contribution in [0.5, 0.6) is 0 Å². The van der Waals surface area contributed by atoms with E-state index in [-0.39, 0.29) is 29.9 Å². The van der Waals surface area contributed by atoms with E-state index in [4.69, 9.17) is 9.47 Å². The van der Waals surface area contributed by atoms with Crippen molar-refractivity contribution >= 4 is 27.6 Å². The van der Waals surface area contributed by atoms with Crippen molar-refractivity contribution in [2.45, 2.75) is 55.3 Å². The first-order chi connectivity index (χ1) is 29.7. The van der Waals surface area contributed by atoms with Gasteiger partial charge in [-0.05, 0) is 65.9 Å². The van der Waals surface area contributed by atoms with Crippen LogP contribution < -0.4 is 14.9 Å². The second kappa shape index (κ2) is 19.3. The number of aliphatic hydroxyl groups is 1. The molecule has 0 spiro atoms. The van der Waals surface area contributed by atoms with E-state index in [0.717, 1.165) is 59.9 Å². The molecule has 5 atom stereocenters. The highest BCUT2D eigenvalue weighted by Gasteiger charge is 2.43. The zero-order valence-corrected chi connectivity index (χ0v) is 34.8. The Bertz CT molecular complexity index is 2460. The van der Waals surface area contributed by atoms with Crippen molar-refractivity contribution in [2.75, 3.05) is 42.9 Å². The summed E-state index contributed by atoms with van der Waals surface area (Å²) in [5.74, 6) is 0.0299. The minimum atomic E-state index is -4.04. The zero-order valence-electron chi connectivity index (χ0n) is 34.0. The van der Waals surface area contributed by atoms with E-state index in [1.165, 1.54) is 12.1 Å². The maximum Gasteiger partial charge on any atom is 0.242 e. The molecule has 0 bridgehead atoms. The topological polar surface area (TPSA) is 146 Å². The molecule has 5 unspecified atom stereocenters. The van der Waals surface area contributed by atoms with Crippen LogP contribution in [0.25, 0.3) is 0 Å². The van der Waals surface area contributed by atoms with Gasteiger partial charge >= 0.3 is 0 Å². The Balaban J connectivity index is 1.07. The number of benzene rings is 5. The number of ether oxygens (including phenoxy) is 2. The number of amides is 1. The molecule has 5 aromatic carbocycles. The van der Waals surface area contributed by atoms with Gasteiger partial charge in [0.1, 0.15) is 6.04 Å². The quantitative estimate of drug-likeness (QED) is 0.110. The summed E-state index contributed by atoms with van der Waals surface area (Å²) in [5, 5.41) is 12.8. The summed E-state index contributed by atoms with van der Waals surface area (Å²) < 4.78 is 43.8. The number of nitrogens with one attached hydrogen (secondary N) is 2. The number of aliphatic hydroxyl groups excluding tert-OH is 1. The lowest BCUT2D eigenvalue weighted by Gasteiger charge is -2.45. The molecule has 2 aliphatic rings. The van der Waals surface area contributed by atoms with Gasteiger partial charge in [0, 0.05) is 62.3 Å². The van der Waals surface area contributed by atoms with E-state index in [1.54, 1.807) is 30.6 Å². The minimum absolute atomic E-state index is 0.0690. The van der Waals surface area contributed by atoms with Crippen molar-refractivity contribution in [3.63, 3.8) is 0 Å². The van der Waals surface area contributed by atoms with Crippen molar-refractivity contribution < 1.29 is 27.8 Å². The SMILES string of the molecule is Cc1ccc(S(=O)(=O)NC(Cc2ccccc2)C(=O)Nc2cccc(C3OC(CN4CCN(c5ncccn5)CC4)C(c4ccccc4)C(c4ccc(CO)cc4)O3)c2)cc1. The highest BCUT2D eigenvalue weighted by molar-refractivity contribution is 7.89. The second-order valence-corrected chi connectivity index (χ2v) is 17.2. The molecule has 8 rings (SSSR count). The van der Waals surface area contributed by atoms with E-state index in [1.807, 2.05) is 104 Å². The zero-order chi connectivity index (χ0) is 42.2. The summed E-state index contributed by atoms with van der Waals surface area (Å²) >= 11 is 0. The van der Waals surface area contributed by atoms with E-state index in [0.29, 0.717) is 17.8 Å². The number of anilines is 2. The highest BCUT2D eigenvalue weighted by atomic mass is 32.2. The molecule has 2 saturated heterocycles. The third-order valence-corrected chi connectivity index (χ3v) is 12.8. The molecular formula is C48H50N6O6S. The van der Waals surface area contributed by atoms with Gasteiger partial charge in [-0.25, -0.2) is 18.4 Å². The molecule has 6 aromatic rings. The molecule has 1 aromatic heterocycles. The smallest absolute Gasteiger partial charge is 0.242 e. The molecule has 2 fully saturated rings. The van der Waals surface area contributed by atoms with Gasteiger partial charge in [-0.15, -0.1) is 0 Å². The molecule has 12 nitrogen and oxygen atoms in total. The fraction of sp³-hybridized carbons (Fsp3) is 0.271. The van der Waals surface area contributed by atoms with Gasteiger partial charge in [0.15, 0.2) is 6.29 Å². The summed E-state index contributed by atoms with van der Waals surface area (Å²) in [5.41, 5.74) is 5.72. The van der Waals surface area contributed by atoms with Crippen LogP contribution in [0.3, 0.4) is 0 Å². The van der Waals surface area contributed by atoms with Crippen LogP contribution >= 0.6 is 0 Å². The third kappa shape index (κ3) is 10.4. The molecule has 61 heavy (non-hydrogen) atoms. The Morgan fingerprint density at radius 3 is 2.11 bits per heavy atom. The van der Waals surface area contributed by atoms with E-state index in [2.05, 4.69) is 41.9 Å². The monoisotopic (exact) mass is 838 g/mol. The molecule has 13 heteroatoms.